The maximum Gasteiger partial charge on any atom is 0.197 e. The Morgan fingerprint density at radius 1 is 1.23 bits per heavy atom. The summed E-state index contributed by atoms with van der Waals surface area (Å²) in [6.07, 6.45) is 5.14. The number of ether oxygens (including phenoxy) is 2. The second-order valence-electron chi connectivity index (χ2n) is 6.15. The van der Waals surface area contributed by atoms with E-state index in [-0.39, 0.29) is 5.78 Å². The molecule has 1 unspecified atom stereocenters. The van der Waals surface area contributed by atoms with Crippen LogP contribution in [0.3, 0.4) is 0 Å². The molecule has 0 bridgehead atoms. The molecule has 3 rings (SSSR count). The van der Waals surface area contributed by atoms with E-state index in [1.807, 2.05) is 26.0 Å². The van der Waals surface area contributed by atoms with E-state index in [2.05, 4.69) is 0 Å². The van der Waals surface area contributed by atoms with Crippen LogP contribution in [0.1, 0.15) is 55.5 Å². The molecular formula is C18H23ClO3. The second-order valence-corrected chi connectivity index (χ2v) is 6.53. The molecule has 1 fully saturated rings. The van der Waals surface area contributed by atoms with Crippen LogP contribution in [0.15, 0.2) is 12.1 Å². The van der Waals surface area contributed by atoms with Crippen LogP contribution in [-0.2, 0) is 11.2 Å². The molecule has 1 saturated carbocycles. The molecule has 2 aliphatic carbocycles. The Bertz CT molecular complexity index is 578. The van der Waals surface area contributed by atoms with Crippen LogP contribution in [-0.4, -0.2) is 24.6 Å². The number of hydrogen-bond acceptors (Lipinski definition) is 3. The Balaban J connectivity index is 2.03. The van der Waals surface area contributed by atoms with E-state index < -0.39 is 5.60 Å². The monoisotopic (exact) mass is 322 g/mol. The third-order valence-electron chi connectivity index (χ3n) is 4.97. The van der Waals surface area contributed by atoms with Crippen LogP contribution < -0.4 is 4.74 Å². The highest BCUT2D eigenvalue weighted by atomic mass is 35.5. The molecule has 0 radical (unpaired) electrons. The van der Waals surface area contributed by atoms with Crippen LogP contribution in [0.5, 0.6) is 5.75 Å². The second kappa shape index (κ2) is 6.21. The van der Waals surface area contributed by atoms with Gasteiger partial charge in [0.25, 0.3) is 0 Å². The summed E-state index contributed by atoms with van der Waals surface area (Å²) in [7, 11) is 0. The summed E-state index contributed by atoms with van der Waals surface area (Å²) in [5, 5.41) is 0.448. The van der Waals surface area contributed by atoms with Crippen molar-refractivity contribution in [1.29, 1.82) is 0 Å². The van der Waals surface area contributed by atoms with Gasteiger partial charge in [-0.25, -0.2) is 0 Å². The number of Topliss-reactive ketones (excluding diaryl/α,β-unsaturated/α-hetero) is 1. The molecule has 0 saturated heterocycles. The summed E-state index contributed by atoms with van der Waals surface area (Å²) in [5.41, 5.74) is 0.911. The molecular weight excluding hydrogens is 300 g/mol. The van der Waals surface area contributed by atoms with Crippen molar-refractivity contribution < 1.29 is 14.3 Å². The first-order chi connectivity index (χ1) is 10.6. The van der Waals surface area contributed by atoms with Crippen molar-refractivity contribution in [2.75, 3.05) is 13.2 Å². The summed E-state index contributed by atoms with van der Waals surface area (Å²) in [6, 6.07) is 3.84. The highest BCUT2D eigenvalue weighted by molar-refractivity contribution is 6.36. The van der Waals surface area contributed by atoms with E-state index in [0.29, 0.717) is 41.9 Å². The molecule has 22 heavy (non-hydrogen) atoms. The summed E-state index contributed by atoms with van der Waals surface area (Å²) in [4.78, 5) is 13.2. The average Bonchev–Trinajstić information content (AvgIpc) is 3.11. The molecule has 0 aliphatic heterocycles. The Morgan fingerprint density at radius 3 is 2.59 bits per heavy atom. The molecule has 0 N–H and O–H groups in total. The predicted molar refractivity (Wildman–Crippen MR) is 87.0 cm³/mol. The minimum Gasteiger partial charge on any atom is -0.492 e. The molecule has 0 amide bonds. The Hall–Kier alpha value is -1.06. The van der Waals surface area contributed by atoms with Gasteiger partial charge in [-0.1, -0.05) is 30.5 Å². The number of ketones is 1. The van der Waals surface area contributed by atoms with Gasteiger partial charge in [0.1, 0.15) is 11.4 Å². The van der Waals surface area contributed by atoms with Crippen molar-refractivity contribution in [2.45, 2.75) is 51.6 Å². The summed E-state index contributed by atoms with van der Waals surface area (Å²) in [5.74, 6) is 0.955. The lowest BCUT2D eigenvalue weighted by atomic mass is 9.82. The Morgan fingerprint density at radius 2 is 1.95 bits per heavy atom. The minimum absolute atomic E-state index is 0.0582. The van der Waals surface area contributed by atoms with E-state index >= 15 is 0 Å². The zero-order chi connectivity index (χ0) is 15.7. The lowest BCUT2D eigenvalue weighted by Crippen LogP contribution is -2.46. The fraction of sp³-hybridized carbons (Fsp3) is 0.611. The summed E-state index contributed by atoms with van der Waals surface area (Å²) < 4.78 is 11.6. The average molecular weight is 323 g/mol. The third kappa shape index (κ3) is 2.35. The quantitative estimate of drug-likeness (QED) is 0.803. The first kappa shape index (κ1) is 15.8. The maximum atomic E-state index is 13.2. The van der Waals surface area contributed by atoms with Gasteiger partial charge in [0.15, 0.2) is 5.78 Å². The first-order valence-electron chi connectivity index (χ1n) is 8.27. The summed E-state index contributed by atoms with van der Waals surface area (Å²) >= 11 is 6.46. The molecule has 1 atom stereocenters. The molecule has 120 valence electrons. The van der Waals surface area contributed by atoms with Crippen molar-refractivity contribution in [1.82, 2.24) is 0 Å². The maximum absolute atomic E-state index is 13.2. The van der Waals surface area contributed by atoms with Crippen molar-refractivity contribution in [3.8, 4) is 5.75 Å². The van der Waals surface area contributed by atoms with E-state index in [4.69, 9.17) is 21.1 Å². The fourth-order valence-electron chi connectivity index (χ4n) is 4.05. The molecule has 0 heterocycles. The van der Waals surface area contributed by atoms with Crippen LogP contribution in [0, 0.1) is 5.92 Å². The lowest BCUT2D eigenvalue weighted by molar-refractivity contribution is -0.0499. The van der Waals surface area contributed by atoms with Gasteiger partial charge in [-0.3, -0.25) is 4.79 Å². The number of fused-ring (bicyclic) bond motifs is 1. The molecule has 1 aromatic rings. The molecule has 1 aromatic carbocycles. The highest BCUT2D eigenvalue weighted by Gasteiger charge is 2.53. The van der Waals surface area contributed by atoms with E-state index in [0.717, 1.165) is 18.4 Å². The predicted octanol–water partition coefficient (Wildman–Crippen LogP) is 4.44. The number of rotatable bonds is 5. The topological polar surface area (TPSA) is 35.5 Å². The number of carbonyl (C=O) groups is 1. The molecule has 4 heteroatoms. The standard InChI is InChI=1S/C18H23ClO3/c1-3-21-14-10-9-12-11-18(22-4-2,13-7-5-6-8-13)17(20)15(12)16(14)19/h9-10,13H,3-8,11H2,1-2H3. The lowest BCUT2D eigenvalue weighted by Gasteiger charge is -2.33. The molecule has 3 nitrogen and oxygen atoms in total. The van der Waals surface area contributed by atoms with Crippen LogP contribution in [0.4, 0.5) is 0 Å². The smallest absolute Gasteiger partial charge is 0.197 e. The molecule has 0 aromatic heterocycles. The zero-order valence-electron chi connectivity index (χ0n) is 13.3. The fourth-order valence-corrected chi connectivity index (χ4v) is 4.37. The van der Waals surface area contributed by atoms with E-state index in [9.17, 15) is 4.79 Å². The number of hydrogen-bond donors (Lipinski definition) is 0. The number of carbonyl (C=O) groups excluding carboxylic acids is 1. The number of benzene rings is 1. The van der Waals surface area contributed by atoms with Crippen LogP contribution >= 0.6 is 11.6 Å². The van der Waals surface area contributed by atoms with Gasteiger partial charge in [0, 0.05) is 18.6 Å². The van der Waals surface area contributed by atoms with Crippen LogP contribution in [0.2, 0.25) is 5.02 Å². The van der Waals surface area contributed by atoms with Gasteiger partial charge in [-0.2, -0.15) is 0 Å². The summed E-state index contributed by atoms with van der Waals surface area (Å²) in [6.45, 7) is 4.95. The van der Waals surface area contributed by atoms with Gasteiger partial charge in [0.05, 0.1) is 11.6 Å². The first-order valence-corrected chi connectivity index (χ1v) is 8.64. The van der Waals surface area contributed by atoms with E-state index in [1.54, 1.807) is 0 Å². The normalized spacial score (nSPS) is 24.8. The van der Waals surface area contributed by atoms with Gasteiger partial charge in [-0.05, 0) is 44.2 Å². The van der Waals surface area contributed by atoms with Crippen molar-refractivity contribution >= 4 is 17.4 Å². The largest absolute Gasteiger partial charge is 0.492 e. The van der Waals surface area contributed by atoms with Crippen LogP contribution in [0.25, 0.3) is 0 Å². The highest BCUT2D eigenvalue weighted by Crippen LogP contribution is 2.48. The SMILES string of the molecule is CCOc1ccc2c(c1Cl)C(=O)C(OCC)(C1CCCC1)C2. The van der Waals surface area contributed by atoms with Crippen molar-refractivity contribution in [2.24, 2.45) is 5.92 Å². The minimum atomic E-state index is -0.706. The van der Waals surface area contributed by atoms with Gasteiger partial charge < -0.3 is 9.47 Å². The number of halogens is 1. The third-order valence-corrected chi connectivity index (χ3v) is 5.35. The zero-order valence-corrected chi connectivity index (χ0v) is 14.0. The molecule has 2 aliphatic rings. The van der Waals surface area contributed by atoms with Gasteiger partial charge in [0.2, 0.25) is 0 Å². The van der Waals surface area contributed by atoms with E-state index in [1.165, 1.54) is 12.8 Å². The van der Waals surface area contributed by atoms with Crippen molar-refractivity contribution in [3.63, 3.8) is 0 Å². The Labute approximate surface area is 136 Å². The molecule has 0 spiro atoms. The van der Waals surface area contributed by atoms with Gasteiger partial charge in [-0.15, -0.1) is 0 Å². The Kier molecular flexibility index (Phi) is 4.47. The van der Waals surface area contributed by atoms with Crippen molar-refractivity contribution in [3.05, 3.63) is 28.3 Å². The van der Waals surface area contributed by atoms with Gasteiger partial charge >= 0.3 is 0 Å².